The maximum Gasteiger partial charge on any atom is 0.139 e. The second-order valence-electron chi connectivity index (χ2n) is 3.77. The number of anilines is 1. The molecule has 0 amide bonds. The molecular formula is C13H14BrFN2. The molecule has 0 unspecified atom stereocenters. The van der Waals surface area contributed by atoms with Crippen molar-refractivity contribution in [3.63, 3.8) is 0 Å². The second-order valence-corrected chi connectivity index (χ2v) is 4.62. The molecule has 2 rings (SSSR count). The molecule has 90 valence electrons. The summed E-state index contributed by atoms with van der Waals surface area (Å²) >= 11 is 3.14. The number of rotatable bonds is 4. The number of nitrogens with one attached hydrogen (secondary N) is 1. The van der Waals surface area contributed by atoms with Gasteiger partial charge in [0.1, 0.15) is 5.82 Å². The van der Waals surface area contributed by atoms with Crippen LogP contribution >= 0.6 is 15.9 Å². The van der Waals surface area contributed by atoms with E-state index in [0.29, 0.717) is 11.0 Å². The zero-order valence-corrected chi connectivity index (χ0v) is 11.2. The van der Waals surface area contributed by atoms with Crippen molar-refractivity contribution in [1.82, 2.24) is 4.57 Å². The Morgan fingerprint density at radius 2 is 2.18 bits per heavy atom. The van der Waals surface area contributed by atoms with Gasteiger partial charge in [0.05, 0.1) is 11.0 Å². The highest BCUT2D eigenvalue weighted by atomic mass is 79.9. The van der Waals surface area contributed by atoms with Crippen molar-refractivity contribution in [3.05, 3.63) is 52.5 Å². The molecule has 1 aromatic carbocycles. The zero-order chi connectivity index (χ0) is 12.3. The quantitative estimate of drug-likeness (QED) is 0.902. The molecule has 0 fully saturated rings. The summed E-state index contributed by atoms with van der Waals surface area (Å²) in [5.41, 5.74) is 1.98. The molecule has 1 heterocycles. The van der Waals surface area contributed by atoms with Gasteiger partial charge in [0.2, 0.25) is 0 Å². The summed E-state index contributed by atoms with van der Waals surface area (Å²) in [7, 11) is 0. The Labute approximate surface area is 109 Å². The van der Waals surface area contributed by atoms with Crippen molar-refractivity contribution in [3.8, 4) is 0 Å². The Balaban J connectivity index is 2.05. The third kappa shape index (κ3) is 2.88. The van der Waals surface area contributed by atoms with Crippen molar-refractivity contribution in [2.75, 3.05) is 5.32 Å². The van der Waals surface area contributed by atoms with Crippen LogP contribution < -0.4 is 5.32 Å². The third-order valence-corrected chi connectivity index (χ3v) is 3.30. The van der Waals surface area contributed by atoms with Gasteiger partial charge in [0, 0.05) is 24.1 Å². The van der Waals surface area contributed by atoms with E-state index in [1.165, 1.54) is 11.8 Å². The van der Waals surface area contributed by atoms with Gasteiger partial charge in [0.15, 0.2) is 0 Å². The number of hydrogen-bond donors (Lipinski definition) is 1. The molecule has 1 aromatic heterocycles. The Kier molecular flexibility index (Phi) is 3.84. The first-order valence-electron chi connectivity index (χ1n) is 5.53. The SMILES string of the molecule is CCn1cccc1CNc1ccc(Br)c(F)c1. The molecule has 1 N–H and O–H groups in total. The molecule has 0 aliphatic carbocycles. The Morgan fingerprint density at radius 1 is 1.35 bits per heavy atom. The predicted molar refractivity (Wildman–Crippen MR) is 71.5 cm³/mol. The highest BCUT2D eigenvalue weighted by molar-refractivity contribution is 9.10. The minimum absolute atomic E-state index is 0.249. The van der Waals surface area contributed by atoms with Crippen LogP contribution in [0.2, 0.25) is 0 Å². The summed E-state index contributed by atoms with van der Waals surface area (Å²) in [6.07, 6.45) is 2.04. The molecule has 0 radical (unpaired) electrons. The van der Waals surface area contributed by atoms with E-state index in [2.05, 4.69) is 38.8 Å². The fourth-order valence-corrected chi connectivity index (χ4v) is 1.96. The van der Waals surface area contributed by atoms with Gasteiger partial charge >= 0.3 is 0 Å². The minimum Gasteiger partial charge on any atom is -0.379 e. The largest absolute Gasteiger partial charge is 0.379 e. The van der Waals surface area contributed by atoms with Crippen LogP contribution in [0, 0.1) is 5.82 Å². The molecule has 0 saturated carbocycles. The molecular weight excluding hydrogens is 283 g/mol. The molecule has 2 aromatic rings. The van der Waals surface area contributed by atoms with Crippen LogP contribution in [0.1, 0.15) is 12.6 Å². The van der Waals surface area contributed by atoms with Crippen molar-refractivity contribution in [1.29, 1.82) is 0 Å². The van der Waals surface area contributed by atoms with E-state index in [0.717, 1.165) is 12.2 Å². The summed E-state index contributed by atoms with van der Waals surface area (Å²) < 4.78 is 15.9. The Morgan fingerprint density at radius 3 is 2.88 bits per heavy atom. The van der Waals surface area contributed by atoms with Gasteiger partial charge in [-0.25, -0.2) is 4.39 Å². The summed E-state index contributed by atoms with van der Waals surface area (Å²) in [5, 5.41) is 3.21. The Hall–Kier alpha value is -1.29. The molecule has 0 atom stereocenters. The van der Waals surface area contributed by atoms with Crippen LogP contribution in [-0.2, 0) is 13.1 Å². The molecule has 4 heteroatoms. The fraction of sp³-hybridized carbons (Fsp3) is 0.231. The normalized spacial score (nSPS) is 10.5. The zero-order valence-electron chi connectivity index (χ0n) is 9.58. The lowest BCUT2D eigenvalue weighted by atomic mass is 10.3. The number of benzene rings is 1. The van der Waals surface area contributed by atoms with E-state index in [-0.39, 0.29) is 5.82 Å². The fourth-order valence-electron chi connectivity index (χ4n) is 1.72. The van der Waals surface area contributed by atoms with E-state index >= 15 is 0 Å². The average Bonchev–Trinajstić information content (AvgIpc) is 2.78. The Bertz CT molecular complexity index is 508. The van der Waals surface area contributed by atoms with Crippen LogP contribution in [0.15, 0.2) is 41.0 Å². The standard InChI is InChI=1S/C13H14BrFN2/c1-2-17-7-3-4-11(17)9-16-10-5-6-12(14)13(15)8-10/h3-8,16H,2,9H2,1H3. The lowest BCUT2D eigenvalue weighted by Crippen LogP contribution is -2.06. The second kappa shape index (κ2) is 5.36. The highest BCUT2D eigenvalue weighted by Crippen LogP contribution is 2.19. The van der Waals surface area contributed by atoms with Gasteiger partial charge in [-0.1, -0.05) is 0 Å². The van der Waals surface area contributed by atoms with E-state index < -0.39 is 0 Å². The van der Waals surface area contributed by atoms with E-state index in [4.69, 9.17) is 0 Å². The van der Waals surface area contributed by atoms with Crippen LogP contribution in [0.4, 0.5) is 10.1 Å². The number of nitrogens with zero attached hydrogens (tertiary/aromatic N) is 1. The van der Waals surface area contributed by atoms with Gasteiger partial charge in [0.25, 0.3) is 0 Å². The average molecular weight is 297 g/mol. The minimum atomic E-state index is -0.249. The summed E-state index contributed by atoms with van der Waals surface area (Å²) in [4.78, 5) is 0. The molecule has 0 aliphatic heterocycles. The van der Waals surface area contributed by atoms with Crippen molar-refractivity contribution in [2.45, 2.75) is 20.0 Å². The maximum atomic E-state index is 13.3. The first-order chi connectivity index (χ1) is 8.20. The van der Waals surface area contributed by atoms with Gasteiger partial charge in [-0.15, -0.1) is 0 Å². The summed E-state index contributed by atoms with van der Waals surface area (Å²) in [5.74, 6) is -0.249. The lowest BCUT2D eigenvalue weighted by molar-refractivity contribution is 0.621. The number of hydrogen-bond acceptors (Lipinski definition) is 1. The molecule has 0 bridgehead atoms. The molecule has 17 heavy (non-hydrogen) atoms. The van der Waals surface area contributed by atoms with Crippen molar-refractivity contribution < 1.29 is 4.39 Å². The topological polar surface area (TPSA) is 17.0 Å². The lowest BCUT2D eigenvalue weighted by Gasteiger charge is -2.09. The van der Waals surface area contributed by atoms with E-state index in [1.54, 1.807) is 6.07 Å². The van der Waals surface area contributed by atoms with Gasteiger partial charge in [-0.05, 0) is 53.2 Å². The first-order valence-corrected chi connectivity index (χ1v) is 6.33. The number of aryl methyl sites for hydroxylation is 1. The first kappa shape index (κ1) is 12.2. The summed E-state index contributed by atoms with van der Waals surface area (Å²) in [6.45, 7) is 3.74. The highest BCUT2D eigenvalue weighted by Gasteiger charge is 2.02. The maximum absolute atomic E-state index is 13.3. The summed E-state index contributed by atoms with van der Waals surface area (Å²) in [6, 6.07) is 9.13. The van der Waals surface area contributed by atoms with Crippen LogP contribution in [0.5, 0.6) is 0 Å². The van der Waals surface area contributed by atoms with Crippen LogP contribution in [0.3, 0.4) is 0 Å². The number of aromatic nitrogens is 1. The van der Waals surface area contributed by atoms with Gasteiger partial charge < -0.3 is 9.88 Å². The predicted octanol–water partition coefficient (Wildman–Crippen LogP) is 4.02. The third-order valence-electron chi connectivity index (χ3n) is 2.66. The number of halogens is 2. The van der Waals surface area contributed by atoms with Crippen LogP contribution in [0.25, 0.3) is 0 Å². The molecule has 0 saturated heterocycles. The smallest absolute Gasteiger partial charge is 0.139 e. The molecule has 0 spiro atoms. The van der Waals surface area contributed by atoms with Crippen LogP contribution in [-0.4, -0.2) is 4.57 Å². The van der Waals surface area contributed by atoms with Crippen molar-refractivity contribution >= 4 is 21.6 Å². The molecule has 0 aliphatic rings. The van der Waals surface area contributed by atoms with E-state index in [1.807, 2.05) is 18.3 Å². The monoisotopic (exact) mass is 296 g/mol. The van der Waals surface area contributed by atoms with E-state index in [9.17, 15) is 4.39 Å². The van der Waals surface area contributed by atoms with Crippen molar-refractivity contribution in [2.24, 2.45) is 0 Å². The van der Waals surface area contributed by atoms with Gasteiger partial charge in [-0.2, -0.15) is 0 Å². The van der Waals surface area contributed by atoms with Gasteiger partial charge in [-0.3, -0.25) is 0 Å². The molecule has 2 nitrogen and oxygen atoms in total.